The van der Waals surface area contributed by atoms with Gasteiger partial charge < -0.3 is 10.4 Å². The molecule has 0 bridgehead atoms. The Labute approximate surface area is 192 Å². The van der Waals surface area contributed by atoms with Crippen LogP contribution in [0.4, 0.5) is 24.7 Å². The molecule has 174 valence electrons. The van der Waals surface area contributed by atoms with E-state index in [-0.39, 0.29) is 16.8 Å². The van der Waals surface area contributed by atoms with Crippen molar-refractivity contribution in [3.05, 3.63) is 82.8 Å². The van der Waals surface area contributed by atoms with Crippen LogP contribution in [0.1, 0.15) is 32.9 Å². The van der Waals surface area contributed by atoms with Crippen molar-refractivity contribution in [2.75, 3.05) is 5.32 Å². The lowest BCUT2D eigenvalue weighted by Gasteiger charge is -2.13. The molecular formula is C24H20F3N5O2. The predicted molar refractivity (Wildman–Crippen MR) is 120 cm³/mol. The van der Waals surface area contributed by atoms with Gasteiger partial charge in [-0.25, -0.2) is 9.78 Å². The number of hydrogen-bond donors (Lipinski definition) is 2. The Morgan fingerprint density at radius 3 is 2.53 bits per heavy atom. The summed E-state index contributed by atoms with van der Waals surface area (Å²) in [7, 11) is 0. The van der Waals surface area contributed by atoms with Gasteiger partial charge in [0.15, 0.2) is 5.82 Å². The first-order valence-corrected chi connectivity index (χ1v) is 10.2. The van der Waals surface area contributed by atoms with Crippen molar-refractivity contribution in [3.63, 3.8) is 0 Å². The Morgan fingerprint density at radius 2 is 1.82 bits per heavy atom. The van der Waals surface area contributed by atoms with Gasteiger partial charge in [0.1, 0.15) is 5.82 Å². The summed E-state index contributed by atoms with van der Waals surface area (Å²) >= 11 is 0. The van der Waals surface area contributed by atoms with Crippen molar-refractivity contribution in [2.24, 2.45) is 0 Å². The molecule has 0 amide bonds. The van der Waals surface area contributed by atoms with E-state index in [1.807, 2.05) is 0 Å². The normalized spacial score (nSPS) is 11.5. The molecule has 0 atom stereocenters. The minimum atomic E-state index is -4.50. The number of aryl methyl sites for hydroxylation is 3. The fraction of sp³-hybridized carbons (Fsp3) is 0.167. The van der Waals surface area contributed by atoms with Crippen LogP contribution in [0.5, 0.6) is 0 Å². The number of benzene rings is 2. The van der Waals surface area contributed by atoms with Gasteiger partial charge >= 0.3 is 12.1 Å². The van der Waals surface area contributed by atoms with Crippen LogP contribution in [-0.4, -0.2) is 30.8 Å². The largest absolute Gasteiger partial charge is 0.478 e. The fourth-order valence-corrected chi connectivity index (χ4v) is 3.43. The van der Waals surface area contributed by atoms with Gasteiger partial charge in [0.25, 0.3) is 0 Å². The third kappa shape index (κ3) is 4.61. The highest BCUT2D eigenvalue weighted by Gasteiger charge is 2.30. The minimum Gasteiger partial charge on any atom is -0.478 e. The summed E-state index contributed by atoms with van der Waals surface area (Å²) in [5.74, 6) is -0.437. The SMILES string of the molecule is Cc1ccc(Nc2cc(-c3cccc(C(F)(F)F)c3)nn2-c2nc(C)cnc2C)c(C(=O)O)c1. The molecule has 0 saturated carbocycles. The second kappa shape index (κ2) is 8.62. The molecule has 34 heavy (non-hydrogen) atoms. The summed E-state index contributed by atoms with van der Waals surface area (Å²) in [5.41, 5.74) is 1.96. The standard InChI is InChI=1S/C24H20F3N5O2/c1-13-7-8-19(18(9-13)23(33)34)30-21-11-20(16-5-4-6-17(10-16)24(25,26)27)31-32(21)22-15(3)28-12-14(2)29-22/h4-12,30H,1-3H3,(H,33,34). The first-order chi connectivity index (χ1) is 16.0. The Kier molecular flexibility index (Phi) is 5.82. The number of carboxylic acid groups (broad SMARTS) is 1. The molecule has 0 saturated heterocycles. The van der Waals surface area contributed by atoms with Crippen molar-refractivity contribution < 1.29 is 23.1 Å². The molecule has 0 fully saturated rings. The maximum atomic E-state index is 13.3. The number of nitrogens with zero attached hydrogens (tertiary/aromatic N) is 4. The number of carbonyl (C=O) groups is 1. The molecule has 2 aromatic carbocycles. The van der Waals surface area contributed by atoms with Crippen molar-refractivity contribution >= 4 is 17.5 Å². The summed E-state index contributed by atoms with van der Waals surface area (Å²) < 4.78 is 41.2. The lowest BCUT2D eigenvalue weighted by molar-refractivity contribution is -0.137. The van der Waals surface area contributed by atoms with Crippen LogP contribution in [0, 0.1) is 20.8 Å². The lowest BCUT2D eigenvalue weighted by Crippen LogP contribution is -2.10. The average molecular weight is 467 g/mol. The molecule has 0 aliphatic carbocycles. The molecule has 7 nitrogen and oxygen atoms in total. The Hall–Kier alpha value is -4.21. The summed E-state index contributed by atoms with van der Waals surface area (Å²) in [6.07, 6.45) is -2.91. The maximum Gasteiger partial charge on any atom is 0.416 e. The maximum absolute atomic E-state index is 13.3. The van der Waals surface area contributed by atoms with Crippen LogP contribution in [0.15, 0.2) is 54.7 Å². The van der Waals surface area contributed by atoms with Crippen LogP contribution >= 0.6 is 0 Å². The van der Waals surface area contributed by atoms with Gasteiger partial charge in [-0.15, -0.1) is 0 Å². The predicted octanol–water partition coefficient (Wildman–Crippen LogP) is 5.72. The number of anilines is 2. The van der Waals surface area contributed by atoms with Crippen molar-refractivity contribution in [3.8, 4) is 17.1 Å². The highest BCUT2D eigenvalue weighted by molar-refractivity contribution is 5.95. The van der Waals surface area contributed by atoms with Crippen molar-refractivity contribution in [1.29, 1.82) is 0 Å². The number of alkyl halides is 3. The number of halogens is 3. The molecule has 4 aromatic rings. The molecule has 0 radical (unpaired) electrons. The smallest absolute Gasteiger partial charge is 0.416 e. The number of carboxylic acids is 1. The zero-order valence-electron chi connectivity index (χ0n) is 18.5. The first kappa shape index (κ1) is 23.0. The van der Waals surface area contributed by atoms with Crippen molar-refractivity contribution in [1.82, 2.24) is 19.7 Å². The van der Waals surface area contributed by atoms with E-state index in [9.17, 15) is 23.1 Å². The summed E-state index contributed by atoms with van der Waals surface area (Å²) in [4.78, 5) is 20.6. The van der Waals surface area contributed by atoms with Gasteiger partial charge in [-0.3, -0.25) is 4.98 Å². The van der Waals surface area contributed by atoms with Crippen LogP contribution in [0.2, 0.25) is 0 Å². The number of rotatable bonds is 5. The molecule has 0 unspecified atom stereocenters. The number of hydrogen-bond acceptors (Lipinski definition) is 5. The van der Waals surface area contributed by atoms with E-state index < -0.39 is 17.7 Å². The van der Waals surface area contributed by atoms with E-state index >= 15 is 0 Å². The van der Waals surface area contributed by atoms with Gasteiger partial charge in [0, 0.05) is 17.8 Å². The molecule has 4 rings (SSSR count). The Bertz CT molecular complexity index is 1400. The molecular weight excluding hydrogens is 447 g/mol. The molecule has 2 heterocycles. The van der Waals surface area contributed by atoms with E-state index in [1.165, 1.54) is 22.9 Å². The van der Waals surface area contributed by atoms with Crippen molar-refractivity contribution in [2.45, 2.75) is 26.9 Å². The summed E-state index contributed by atoms with van der Waals surface area (Å²) in [6, 6.07) is 11.3. The highest BCUT2D eigenvalue weighted by Crippen LogP contribution is 2.34. The fourth-order valence-electron chi connectivity index (χ4n) is 3.43. The van der Waals surface area contributed by atoms with E-state index in [0.29, 0.717) is 28.7 Å². The zero-order chi connectivity index (χ0) is 24.6. The van der Waals surface area contributed by atoms with Gasteiger partial charge in [-0.2, -0.15) is 23.0 Å². The second-order valence-corrected chi connectivity index (χ2v) is 7.80. The number of nitrogens with one attached hydrogen (secondary N) is 1. The topological polar surface area (TPSA) is 92.9 Å². The number of aromatic nitrogens is 4. The van der Waals surface area contributed by atoms with E-state index in [1.54, 1.807) is 45.2 Å². The number of aromatic carboxylic acids is 1. The van der Waals surface area contributed by atoms with Crippen LogP contribution in [0.3, 0.4) is 0 Å². The third-order valence-electron chi connectivity index (χ3n) is 5.11. The zero-order valence-corrected chi connectivity index (χ0v) is 18.5. The van der Waals surface area contributed by atoms with Gasteiger partial charge in [0.05, 0.1) is 33.9 Å². The molecule has 10 heteroatoms. The highest BCUT2D eigenvalue weighted by atomic mass is 19.4. The minimum absolute atomic E-state index is 0.0421. The van der Waals surface area contributed by atoms with E-state index in [2.05, 4.69) is 20.4 Å². The van der Waals surface area contributed by atoms with Gasteiger partial charge in [-0.05, 0) is 45.0 Å². The monoisotopic (exact) mass is 467 g/mol. The van der Waals surface area contributed by atoms with Gasteiger partial charge in [0.2, 0.25) is 0 Å². The summed E-state index contributed by atoms with van der Waals surface area (Å²) in [6.45, 7) is 5.26. The lowest BCUT2D eigenvalue weighted by atomic mass is 10.1. The Balaban J connectivity index is 1.89. The first-order valence-electron chi connectivity index (χ1n) is 10.2. The van der Waals surface area contributed by atoms with Gasteiger partial charge in [-0.1, -0.05) is 23.8 Å². The van der Waals surface area contributed by atoms with Crippen LogP contribution < -0.4 is 5.32 Å². The van der Waals surface area contributed by atoms with E-state index in [0.717, 1.165) is 17.7 Å². The van der Waals surface area contributed by atoms with Crippen LogP contribution in [-0.2, 0) is 6.18 Å². The average Bonchev–Trinajstić information content (AvgIpc) is 3.19. The van der Waals surface area contributed by atoms with Crippen LogP contribution in [0.25, 0.3) is 17.1 Å². The summed E-state index contributed by atoms with van der Waals surface area (Å²) in [5, 5.41) is 17.2. The third-order valence-corrected chi connectivity index (χ3v) is 5.11. The van der Waals surface area contributed by atoms with E-state index in [4.69, 9.17) is 0 Å². The molecule has 0 aliphatic rings. The molecule has 2 aromatic heterocycles. The second-order valence-electron chi connectivity index (χ2n) is 7.80. The Morgan fingerprint density at radius 1 is 1.06 bits per heavy atom. The molecule has 0 spiro atoms. The molecule has 0 aliphatic heterocycles. The molecule has 2 N–H and O–H groups in total. The quantitative estimate of drug-likeness (QED) is 0.390.